The number of hydrogen-bond acceptors (Lipinski definition) is 2. The van der Waals surface area contributed by atoms with Gasteiger partial charge in [0.15, 0.2) is 0 Å². The normalized spacial score (nSPS) is 13.2. The molecule has 0 fully saturated rings. The van der Waals surface area contributed by atoms with Gasteiger partial charge in [0, 0.05) is 12.5 Å². The molecule has 80 valence electrons. The number of ketones is 1. The van der Waals surface area contributed by atoms with E-state index < -0.39 is 11.3 Å². The quantitative estimate of drug-likeness (QED) is 0.549. The summed E-state index contributed by atoms with van der Waals surface area (Å²) in [5, 5.41) is 2.51. The van der Waals surface area contributed by atoms with Gasteiger partial charge in [-0.2, -0.15) is 0 Å². The zero-order chi connectivity index (χ0) is 11.5. The number of rotatable bonds is 4. The minimum atomic E-state index is -0.648. The SMILES string of the molecule is C=C(C)C(C)(C)C(C(C)=O)C(=O)NC. The number of allylic oxidation sites excluding steroid dienone is 1. The van der Waals surface area contributed by atoms with E-state index in [9.17, 15) is 9.59 Å². The summed E-state index contributed by atoms with van der Waals surface area (Å²) in [5.41, 5.74) is 0.340. The van der Waals surface area contributed by atoms with Crippen LogP contribution in [-0.2, 0) is 9.59 Å². The molecule has 0 saturated heterocycles. The molecular weight excluding hydrogens is 178 g/mol. The summed E-state index contributed by atoms with van der Waals surface area (Å²) in [6.45, 7) is 10.8. The lowest BCUT2D eigenvalue weighted by atomic mass is 9.72. The smallest absolute Gasteiger partial charge is 0.231 e. The first-order valence-electron chi connectivity index (χ1n) is 4.63. The Hall–Kier alpha value is -1.12. The summed E-state index contributed by atoms with van der Waals surface area (Å²) < 4.78 is 0. The number of carbonyl (C=O) groups is 2. The van der Waals surface area contributed by atoms with Crippen molar-refractivity contribution in [1.29, 1.82) is 0 Å². The average molecular weight is 197 g/mol. The minimum Gasteiger partial charge on any atom is -0.359 e. The molecular formula is C11H19NO2. The van der Waals surface area contributed by atoms with E-state index in [0.717, 1.165) is 5.57 Å². The van der Waals surface area contributed by atoms with Crippen molar-refractivity contribution in [3.05, 3.63) is 12.2 Å². The molecule has 0 aliphatic rings. The Morgan fingerprint density at radius 1 is 1.29 bits per heavy atom. The van der Waals surface area contributed by atoms with Gasteiger partial charge in [-0.15, -0.1) is 0 Å². The standard InChI is InChI=1S/C11H19NO2/c1-7(2)11(4,5)9(8(3)13)10(14)12-6/h9H,1H2,2-6H3,(H,12,14). The van der Waals surface area contributed by atoms with Gasteiger partial charge in [0.05, 0.1) is 0 Å². The molecule has 1 unspecified atom stereocenters. The summed E-state index contributed by atoms with van der Waals surface area (Å²) in [5.74, 6) is -1.02. The molecule has 0 aliphatic heterocycles. The molecule has 1 atom stereocenters. The van der Waals surface area contributed by atoms with Crippen LogP contribution in [0.2, 0.25) is 0 Å². The Kier molecular flexibility index (Phi) is 4.05. The summed E-state index contributed by atoms with van der Waals surface area (Å²) >= 11 is 0. The molecule has 1 N–H and O–H groups in total. The Morgan fingerprint density at radius 3 is 1.93 bits per heavy atom. The second kappa shape index (κ2) is 4.40. The van der Waals surface area contributed by atoms with Crippen LogP contribution in [0.5, 0.6) is 0 Å². The molecule has 0 saturated carbocycles. The third kappa shape index (κ3) is 2.44. The lowest BCUT2D eigenvalue weighted by Gasteiger charge is -2.31. The molecule has 0 bridgehead atoms. The van der Waals surface area contributed by atoms with Crippen LogP contribution in [0.4, 0.5) is 0 Å². The second-order valence-corrected chi connectivity index (χ2v) is 4.16. The third-order valence-electron chi connectivity index (χ3n) is 2.74. The molecule has 3 heteroatoms. The van der Waals surface area contributed by atoms with Crippen LogP contribution in [0.3, 0.4) is 0 Å². The fourth-order valence-electron chi connectivity index (χ4n) is 1.41. The molecule has 0 aromatic heterocycles. The van der Waals surface area contributed by atoms with Gasteiger partial charge >= 0.3 is 0 Å². The van der Waals surface area contributed by atoms with Crippen molar-refractivity contribution in [3.8, 4) is 0 Å². The minimum absolute atomic E-state index is 0.127. The molecule has 0 rings (SSSR count). The van der Waals surface area contributed by atoms with Crippen molar-refractivity contribution in [2.24, 2.45) is 11.3 Å². The van der Waals surface area contributed by atoms with E-state index in [1.807, 2.05) is 20.8 Å². The predicted octanol–water partition coefficient (Wildman–Crippen LogP) is 1.54. The van der Waals surface area contributed by atoms with Crippen molar-refractivity contribution >= 4 is 11.7 Å². The molecule has 0 aromatic carbocycles. The lowest BCUT2D eigenvalue weighted by molar-refractivity contribution is -0.136. The molecule has 14 heavy (non-hydrogen) atoms. The van der Waals surface area contributed by atoms with Crippen LogP contribution in [0.25, 0.3) is 0 Å². The monoisotopic (exact) mass is 197 g/mol. The van der Waals surface area contributed by atoms with E-state index in [1.54, 1.807) is 0 Å². The summed E-state index contributed by atoms with van der Waals surface area (Å²) in [6.07, 6.45) is 0. The lowest BCUT2D eigenvalue weighted by Crippen LogP contribution is -2.42. The van der Waals surface area contributed by atoms with Crippen molar-refractivity contribution in [1.82, 2.24) is 5.32 Å². The van der Waals surface area contributed by atoms with E-state index in [2.05, 4.69) is 11.9 Å². The number of carbonyl (C=O) groups excluding carboxylic acids is 2. The largest absolute Gasteiger partial charge is 0.359 e. The van der Waals surface area contributed by atoms with Gasteiger partial charge in [0.2, 0.25) is 5.91 Å². The highest BCUT2D eigenvalue weighted by atomic mass is 16.2. The van der Waals surface area contributed by atoms with Gasteiger partial charge in [-0.05, 0) is 13.8 Å². The molecule has 3 nitrogen and oxygen atoms in total. The molecule has 1 amide bonds. The molecule has 0 spiro atoms. The van der Waals surface area contributed by atoms with Gasteiger partial charge in [0.1, 0.15) is 11.7 Å². The summed E-state index contributed by atoms with van der Waals surface area (Å²) in [4.78, 5) is 22.9. The Labute approximate surface area is 85.6 Å². The highest BCUT2D eigenvalue weighted by Gasteiger charge is 2.38. The fraction of sp³-hybridized carbons (Fsp3) is 0.636. The summed E-state index contributed by atoms with van der Waals surface area (Å²) in [7, 11) is 1.53. The van der Waals surface area contributed by atoms with Crippen LogP contribution < -0.4 is 5.32 Å². The topological polar surface area (TPSA) is 46.2 Å². The maximum absolute atomic E-state index is 11.5. The fourth-order valence-corrected chi connectivity index (χ4v) is 1.41. The maximum Gasteiger partial charge on any atom is 0.231 e. The van der Waals surface area contributed by atoms with Crippen molar-refractivity contribution in [2.75, 3.05) is 7.05 Å². The van der Waals surface area contributed by atoms with Gasteiger partial charge < -0.3 is 5.32 Å². The zero-order valence-corrected chi connectivity index (χ0v) is 9.60. The Bertz CT molecular complexity index is 266. The van der Waals surface area contributed by atoms with Crippen molar-refractivity contribution in [2.45, 2.75) is 27.7 Å². The van der Waals surface area contributed by atoms with Gasteiger partial charge in [-0.25, -0.2) is 0 Å². The Balaban J connectivity index is 5.11. The third-order valence-corrected chi connectivity index (χ3v) is 2.74. The number of nitrogens with one attached hydrogen (secondary N) is 1. The average Bonchev–Trinajstić information content (AvgIpc) is 2.02. The van der Waals surface area contributed by atoms with Gasteiger partial charge in [-0.1, -0.05) is 26.0 Å². The maximum atomic E-state index is 11.5. The van der Waals surface area contributed by atoms with Crippen molar-refractivity contribution < 1.29 is 9.59 Å². The van der Waals surface area contributed by atoms with Crippen LogP contribution in [-0.4, -0.2) is 18.7 Å². The number of amides is 1. The van der Waals surface area contributed by atoms with E-state index >= 15 is 0 Å². The number of Topliss-reactive ketones (excluding diaryl/α,β-unsaturated/α-hetero) is 1. The van der Waals surface area contributed by atoms with Crippen LogP contribution in [0.1, 0.15) is 27.7 Å². The Morgan fingerprint density at radius 2 is 1.71 bits per heavy atom. The second-order valence-electron chi connectivity index (χ2n) is 4.16. The van der Waals surface area contributed by atoms with Crippen molar-refractivity contribution in [3.63, 3.8) is 0 Å². The summed E-state index contributed by atoms with van der Waals surface area (Å²) in [6, 6.07) is 0. The first kappa shape index (κ1) is 12.9. The van der Waals surface area contributed by atoms with E-state index in [0.29, 0.717) is 0 Å². The first-order valence-corrected chi connectivity index (χ1v) is 4.63. The molecule has 0 heterocycles. The van der Waals surface area contributed by atoms with E-state index in [-0.39, 0.29) is 11.7 Å². The molecule has 0 aliphatic carbocycles. The zero-order valence-electron chi connectivity index (χ0n) is 9.60. The van der Waals surface area contributed by atoms with Crippen LogP contribution >= 0.6 is 0 Å². The van der Waals surface area contributed by atoms with Crippen LogP contribution in [0.15, 0.2) is 12.2 Å². The molecule has 0 radical (unpaired) electrons. The predicted molar refractivity (Wildman–Crippen MR) is 56.8 cm³/mol. The first-order chi connectivity index (χ1) is 6.25. The number of hydrogen-bond donors (Lipinski definition) is 1. The highest BCUT2D eigenvalue weighted by molar-refractivity contribution is 6.01. The molecule has 0 aromatic rings. The van der Waals surface area contributed by atoms with Gasteiger partial charge in [0.25, 0.3) is 0 Å². The van der Waals surface area contributed by atoms with Crippen LogP contribution in [0, 0.1) is 11.3 Å². The van der Waals surface area contributed by atoms with Gasteiger partial charge in [-0.3, -0.25) is 9.59 Å². The highest BCUT2D eigenvalue weighted by Crippen LogP contribution is 2.34. The van der Waals surface area contributed by atoms with E-state index in [1.165, 1.54) is 14.0 Å². The van der Waals surface area contributed by atoms with E-state index in [4.69, 9.17) is 0 Å².